The van der Waals surface area contributed by atoms with Gasteiger partial charge in [-0.15, -0.1) is 11.8 Å². The summed E-state index contributed by atoms with van der Waals surface area (Å²) in [6, 6.07) is 10.2. The van der Waals surface area contributed by atoms with Crippen LogP contribution in [0.15, 0.2) is 41.3 Å². The molecule has 2 N–H and O–H groups in total. The fourth-order valence-electron chi connectivity index (χ4n) is 1.61. The van der Waals surface area contributed by atoms with Crippen LogP contribution < -0.4 is 5.73 Å². The molecule has 0 atom stereocenters. The molecule has 0 radical (unpaired) electrons. The molecule has 2 aromatic rings. The van der Waals surface area contributed by atoms with Crippen molar-refractivity contribution in [3.05, 3.63) is 59.2 Å². The highest BCUT2D eigenvalue weighted by Gasteiger charge is 2.05. The number of thioether (sulfide) groups is 1. The average Bonchev–Trinajstić information content (AvgIpc) is 2.37. The van der Waals surface area contributed by atoms with Gasteiger partial charge in [-0.05, 0) is 42.0 Å². The summed E-state index contributed by atoms with van der Waals surface area (Å²) in [4.78, 5) is 0.726. The van der Waals surface area contributed by atoms with Gasteiger partial charge in [-0.2, -0.15) is 5.26 Å². The Balaban J connectivity index is 2.14. The molecule has 0 aliphatic heterocycles. The Hall–Kier alpha value is -2.06. The number of nitrogens with two attached hydrogens (primary N) is 1. The van der Waals surface area contributed by atoms with Gasteiger partial charge in [-0.3, -0.25) is 0 Å². The molecule has 5 heteroatoms. The van der Waals surface area contributed by atoms with Crippen molar-refractivity contribution in [2.24, 2.45) is 0 Å². The molecule has 0 fully saturated rings. The van der Waals surface area contributed by atoms with E-state index in [1.165, 1.54) is 36.0 Å². The normalized spacial score (nSPS) is 10.2. The zero-order chi connectivity index (χ0) is 13.8. The van der Waals surface area contributed by atoms with Crippen molar-refractivity contribution in [3.63, 3.8) is 0 Å². The van der Waals surface area contributed by atoms with E-state index in [1.807, 2.05) is 6.07 Å². The minimum atomic E-state index is -0.443. The highest BCUT2D eigenvalue weighted by Crippen LogP contribution is 2.29. The summed E-state index contributed by atoms with van der Waals surface area (Å²) in [5.41, 5.74) is 7.00. The van der Waals surface area contributed by atoms with E-state index >= 15 is 0 Å². The van der Waals surface area contributed by atoms with Gasteiger partial charge in [0.1, 0.15) is 11.6 Å². The molecule has 2 nitrogen and oxygen atoms in total. The van der Waals surface area contributed by atoms with Crippen LogP contribution in [-0.4, -0.2) is 0 Å². The Bertz CT molecular complexity index is 650. The Morgan fingerprint density at radius 1 is 1.11 bits per heavy atom. The molecule has 0 saturated heterocycles. The monoisotopic (exact) mass is 276 g/mol. The Labute approximate surface area is 113 Å². The molecule has 0 aromatic heterocycles. The molecule has 0 heterocycles. The predicted molar refractivity (Wildman–Crippen MR) is 71.5 cm³/mol. The number of hydrogen-bond acceptors (Lipinski definition) is 3. The second-order valence-electron chi connectivity index (χ2n) is 3.93. The lowest BCUT2D eigenvalue weighted by Gasteiger charge is -2.06. The average molecular weight is 276 g/mol. The molecule has 0 saturated carbocycles. The minimum Gasteiger partial charge on any atom is -0.398 e. The molecule has 2 rings (SSSR count). The number of rotatable bonds is 3. The fraction of sp³-hybridized carbons (Fsp3) is 0.0714. The van der Waals surface area contributed by atoms with E-state index in [9.17, 15) is 8.78 Å². The summed E-state index contributed by atoms with van der Waals surface area (Å²) in [7, 11) is 0. The molecule has 0 aliphatic rings. The molecule has 2 aromatic carbocycles. The van der Waals surface area contributed by atoms with Gasteiger partial charge in [-0.25, -0.2) is 8.78 Å². The van der Waals surface area contributed by atoms with Crippen LogP contribution in [-0.2, 0) is 5.75 Å². The van der Waals surface area contributed by atoms with Crippen LogP contribution in [0.3, 0.4) is 0 Å². The second kappa shape index (κ2) is 5.72. The maximum atomic E-state index is 13.2. The highest BCUT2D eigenvalue weighted by molar-refractivity contribution is 7.98. The quantitative estimate of drug-likeness (QED) is 0.686. The van der Waals surface area contributed by atoms with Crippen LogP contribution in [0.2, 0.25) is 0 Å². The third-order valence-corrected chi connectivity index (χ3v) is 3.61. The molecular formula is C14H10F2N2S. The summed E-state index contributed by atoms with van der Waals surface area (Å²) in [6.45, 7) is 0. The number of anilines is 1. The summed E-state index contributed by atoms with van der Waals surface area (Å²) in [5, 5.41) is 8.76. The van der Waals surface area contributed by atoms with Crippen molar-refractivity contribution in [1.82, 2.24) is 0 Å². The van der Waals surface area contributed by atoms with Crippen molar-refractivity contribution in [3.8, 4) is 6.07 Å². The maximum Gasteiger partial charge on any atom is 0.125 e. The van der Waals surface area contributed by atoms with Crippen LogP contribution >= 0.6 is 11.8 Å². The number of hydrogen-bond donors (Lipinski definition) is 1. The number of nitrogens with zero attached hydrogens (tertiary/aromatic N) is 1. The van der Waals surface area contributed by atoms with E-state index in [0.29, 0.717) is 17.0 Å². The smallest absolute Gasteiger partial charge is 0.125 e. The number of benzene rings is 2. The molecule has 0 unspecified atom stereocenters. The maximum absolute atomic E-state index is 13.2. The minimum absolute atomic E-state index is 0.280. The molecule has 0 spiro atoms. The molecule has 0 aliphatic carbocycles. The third-order valence-electron chi connectivity index (χ3n) is 2.45. The van der Waals surface area contributed by atoms with Crippen LogP contribution in [0.5, 0.6) is 0 Å². The SMILES string of the molecule is N#Cc1cc(F)cc(CSc2ccc(F)cc2N)c1. The van der Waals surface area contributed by atoms with Crippen molar-refractivity contribution in [2.75, 3.05) is 5.73 Å². The van der Waals surface area contributed by atoms with E-state index in [-0.39, 0.29) is 11.4 Å². The van der Waals surface area contributed by atoms with Crippen LogP contribution in [0, 0.1) is 23.0 Å². The Morgan fingerprint density at radius 2 is 1.89 bits per heavy atom. The van der Waals surface area contributed by atoms with Gasteiger partial charge < -0.3 is 5.73 Å². The Morgan fingerprint density at radius 3 is 2.58 bits per heavy atom. The fourth-order valence-corrected chi connectivity index (χ4v) is 2.49. The number of halogens is 2. The lowest BCUT2D eigenvalue weighted by atomic mass is 10.1. The predicted octanol–water partition coefficient (Wildman–Crippen LogP) is 3.71. The van der Waals surface area contributed by atoms with Crippen molar-refractivity contribution < 1.29 is 8.78 Å². The summed E-state index contributed by atoms with van der Waals surface area (Å²) >= 11 is 1.37. The third kappa shape index (κ3) is 3.46. The zero-order valence-corrected chi connectivity index (χ0v) is 10.7. The number of nitrogen functional groups attached to an aromatic ring is 1. The first-order valence-electron chi connectivity index (χ1n) is 5.46. The summed E-state index contributed by atoms with van der Waals surface area (Å²) in [6.07, 6.45) is 0. The van der Waals surface area contributed by atoms with E-state index in [0.717, 1.165) is 4.90 Å². The first kappa shape index (κ1) is 13.4. The molecule has 19 heavy (non-hydrogen) atoms. The van der Waals surface area contributed by atoms with Gasteiger partial charge in [0.15, 0.2) is 0 Å². The molecule has 96 valence electrons. The zero-order valence-electron chi connectivity index (χ0n) is 9.86. The highest BCUT2D eigenvalue weighted by atomic mass is 32.2. The topological polar surface area (TPSA) is 49.8 Å². The second-order valence-corrected chi connectivity index (χ2v) is 4.95. The summed E-state index contributed by atoms with van der Waals surface area (Å²) < 4.78 is 26.1. The van der Waals surface area contributed by atoms with Crippen LogP contribution in [0.25, 0.3) is 0 Å². The molecular weight excluding hydrogens is 266 g/mol. The first-order valence-corrected chi connectivity index (χ1v) is 6.44. The van der Waals surface area contributed by atoms with Crippen molar-refractivity contribution >= 4 is 17.4 Å². The van der Waals surface area contributed by atoms with E-state index in [1.54, 1.807) is 12.1 Å². The van der Waals surface area contributed by atoms with Gasteiger partial charge in [0.25, 0.3) is 0 Å². The van der Waals surface area contributed by atoms with E-state index in [4.69, 9.17) is 11.0 Å². The van der Waals surface area contributed by atoms with Crippen molar-refractivity contribution in [1.29, 1.82) is 5.26 Å². The largest absolute Gasteiger partial charge is 0.398 e. The van der Waals surface area contributed by atoms with E-state index in [2.05, 4.69) is 0 Å². The number of nitriles is 1. The van der Waals surface area contributed by atoms with Gasteiger partial charge >= 0.3 is 0 Å². The van der Waals surface area contributed by atoms with Gasteiger partial charge in [0, 0.05) is 16.3 Å². The summed E-state index contributed by atoms with van der Waals surface area (Å²) in [5.74, 6) is -0.372. The lowest BCUT2D eigenvalue weighted by molar-refractivity contribution is 0.626. The molecule has 0 amide bonds. The van der Waals surface area contributed by atoms with Gasteiger partial charge in [0.05, 0.1) is 11.6 Å². The van der Waals surface area contributed by atoms with Gasteiger partial charge in [-0.1, -0.05) is 0 Å². The Kier molecular flexibility index (Phi) is 4.03. The van der Waals surface area contributed by atoms with Crippen LogP contribution in [0.1, 0.15) is 11.1 Å². The van der Waals surface area contributed by atoms with Crippen LogP contribution in [0.4, 0.5) is 14.5 Å². The standard InChI is InChI=1S/C14H10F2N2S/c15-11-1-2-14(13(18)6-11)19-8-10-3-9(7-17)4-12(16)5-10/h1-6H,8,18H2. The van der Waals surface area contributed by atoms with E-state index < -0.39 is 5.82 Å². The van der Waals surface area contributed by atoms with Gasteiger partial charge in [0.2, 0.25) is 0 Å². The molecule has 0 bridgehead atoms. The first-order chi connectivity index (χ1) is 9.08. The van der Waals surface area contributed by atoms with Crippen molar-refractivity contribution in [2.45, 2.75) is 10.6 Å². The lowest BCUT2D eigenvalue weighted by Crippen LogP contribution is -1.91.